The molecule has 3 aromatic rings. The summed E-state index contributed by atoms with van der Waals surface area (Å²) in [6.07, 6.45) is -0.0193. The molecule has 0 bridgehead atoms. The standard InChI is InChI=1S/C28H32N2O4S/c1-21-3-7-23(8-4-21)20-34-27-12-9-24(18-28(31)32)17-25(27)19-29-13-15-30(16-14-29)35(33)26-10-5-22(2)6-11-26/h3-12,17H,13-16,18-20H2,1-2H3,(H,31,32). The van der Waals surface area contributed by atoms with E-state index < -0.39 is 17.0 Å². The second-order valence-corrected chi connectivity index (χ2v) is 10.5. The van der Waals surface area contributed by atoms with Gasteiger partial charge >= 0.3 is 5.97 Å². The van der Waals surface area contributed by atoms with Crippen LogP contribution >= 0.6 is 0 Å². The van der Waals surface area contributed by atoms with Crippen LogP contribution in [0.1, 0.15) is 27.8 Å². The lowest BCUT2D eigenvalue weighted by Crippen LogP contribution is -2.46. The first kappa shape index (κ1) is 25.1. The quantitative estimate of drug-likeness (QED) is 0.481. The number of rotatable bonds is 9. The molecule has 1 aliphatic rings. The Labute approximate surface area is 209 Å². The Balaban J connectivity index is 1.41. The number of hydrogen-bond donors (Lipinski definition) is 1. The van der Waals surface area contributed by atoms with Crippen LogP contribution in [0.15, 0.2) is 71.6 Å². The van der Waals surface area contributed by atoms with E-state index in [1.54, 1.807) is 0 Å². The molecule has 1 saturated heterocycles. The number of carbonyl (C=O) groups is 1. The van der Waals surface area contributed by atoms with Crippen molar-refractivity contribution in [2.24, 2.45) is 0 Å². The first-order valence-corrected chi connectivity index (χ1v) is 13.0. The number of ether oxygens (including phenoxy) is 1. The van der Waals surface area contributed by atoms with Gasteiger partial charge < -0.3 is 9.84 Å². The molecular weight excluding hydrogens is 460 g/mol. The number of carboxylic acids is 1. The highest BCUT2D eigenvalue weighted by atomic mass is 32.2. The second-order valence-electron chi connectivity index (χ2n) is 9.05. The fourth-order valence-electron chi connectivity index (χ4n) is 4.13. The summed E-state index contributed by atoms with van der Waals surface area (Å²) >= 11 is 0. The van der Waals surface area contributed by atoms with Crippen LogP contribution in [-0.2, 0) is 35.4 Å². The highest BCUT2D eigenvalue weighted by Gasteiger charge is 2.23. The summed E-state index contributed by atoms with van der Waals surface area (Å²) in [6.45, 7) is 8.15. The van der Waals surface area contributed by atoms with Crippen LogP contribution in [-0.4, -0.2) is 50.7 Å². The topological polar surface area (TPSA) is 70.1 Å². The van der Waals surface area contributed by atoms with E-state index in [1.807, 2.05) is 53.7 Å². The molecule has 1 heterocycles. The van der Waals surface area contributed by atoms with Crippen LogP contribution in [0.2, 0.25) is 0 Å². The molecule has 1 unspecified atom stereocenters. The monoisotopic (exact) mass is 492 g/mol. The third kappa shape index (κ3) is 7.01. The fraction of sp³-hybridized carbons (Fsp3) is 0.321. The minimum Gasteiger partial charge on any atom is -0.489 e. The molecule has 1 aliphatic heterocycles. The van der Waals surface area contributed by atoms with Crippen molar-refractivity contribution in [3.63, 3.8) is 0 Å². The minimum absolute atomic E-state index is 0.0193. The highest BCUT2D eigenvalue weighted by Crippen LogP contribution is 2.25. The van der Waals surface area contributed by atoms with Gasteiger partial charge in [-0.25, -0.2) is 8.51 Å². The number of carboxylic acid groups (broad SMARTS) is 1. The molecule has 35 heavy (non-hydrogen) atoms. The Kier molecular flexibility index (Phi) is 8.33. The maximum atomic E-state index is 13.0. The predicted molar refractivity (Wildman–Crippen MR) is 138 cm³/mol. The molecule has 6 nitrogen and oxygen atoms in total. The molecule has 1 atom stereocenters. The average molecular weight is 493 g/mol. The van der Waals surface area contributed by atoms with Crippen LogP contribution in [0, 0.1) is 13.8 Å². The molecule has 0 saturated carbocycles. The van der Waals surface area contributed by atoms with E-state index in [4.69, 9.17) is 4.74 Å². The SMILES string of the molecule is Cc1ccc(COc2ccc(CC(=O)O)cc2CN2CCN(S(=O)c3ccc(C)cc3)CC2)cc1. The van der Waals surface area contributed by atoms with Gasteiger partial charge in [0.2, 0.25) is 0 Å². The van der Waals surface area contributed by atoms with Crippen LogP contribution in [0.4, 0.5) is 0 Å². The molecule has 4 rings (SSSR count). The maximum Gasteiger partial charge on any atom is 0.307 e. The number of nitrogens with zero attached hydrogens (tertiary/aromatic N) is 2. The summed E-state index contributed by atoms with van der Waals surface area (Å²) in [5.41, 5.74) is 5.18. The van der Waals surface area contributed by atoms with E-state index in [2.05, 4.69) is 36.1 Å². The maximum absolute atomic E-state index is 13.0. The summed E-state index contributed by atoms with van der Waals surface area (Å²) in [5.74, 6) is -0.0816. The molecule has 0 aromatic heterocycles. The zero-order chi connectivity index (χ0) is 24.8. The van der Waals surface area contributed by atoms with E-state index in [0.717, 1.165) is 46.0 Å². The van der Waals surface area contributed by atoms with Gasteiger partial charge in [-0.3, -0.25) is 9.69 Å². The van der Waals surface area contributed by atoms with E-state index in [0.29, 0.717) is 26.2 Å². The molecule has 0 amide bonds. The fourth-order valence-corrected chi connectivity index (χ4v) is 5.29. The molecule has 1 fully saturated rings. The van der Waals surface area contributed by atoms with Gasteiger partial charge in [-0.05, 0) is 43.2 Å². The lowest BCUT2D eigenvalue weighted by atomic mass is 10.1. The van der Waals surface area contributed by atoms with Crippen molar-refractivity contribution in [2.45, 2.75) is 38.3 Å². The van der Waals surface area contributed by atoms with Gasteiger partial charge in [0.15, 0.2) is 0 Å². The Morgan fingerprint density at radius 2 is 1.49 bits per heavy atom. The number of benzene rings is 3. The summed E-state index contributed by atoms with van der Waals surface area (Å²) in [5, 5.41) is 9.24. The molecule has 7 heteroatoms. The van der Waals surface area contributed by atoms with Crippen molar-refractivity contribution >= 4 is 17.0 Å². The van der Waals surface area contributed by atoms with E-state index >= 15 is 0 Å². The Morgan fingerprint density at radius 3 is 2.11 bits per heavy atom. The van der Waals surface area contributed by atoms with E-state index in [1.165, 1.54) is 5.56 Å². The normalized spacial score (nSPS) is 15.6. The molecule has 0 spiro atoms. The van der Waals surface area contributed by atoms with Crippen LogP contribution in [0.3, 0.4) is 0 Å². The van der Waals surface area contributed by atoms with Gasteiger partial charge in [-0.1, -0.05) is 59.7 Å². The van der Waals surface area contributed by atoms with Crippen molar-refractivity contribution in [1.29, 1.82) is 0 Å². The lowest BCUT2D eigenvalue weighted by Gasteiger charge is -2.34. The summed E-state index contributed by atoms with van der Waals surface area (Å²) in [6, 6.07) is 21.7. The van der Waals surface area contributed by atoms with Crippen LogP contribution in [0.5, 0.6) is 5.75 Å². The molecule has 0 radical (unpaired) electrons. The van der Waals surface area contributed by atoms with Crippen LogP contribution in [0.25, 0.3) is 0 Å². The minimum atomic E-state index is -1.16. The van der Waals surface area contributed by atoms with Gasteiger partial charge in [-0.15, -0.1) is 0 Å². The Hall–Kier alpha value is -3.00. The number of aliphatic carboxylic acids is 1. The molecular formula is C28H32N2O4S. The van der Waals surface area contributed by atoms with Gasteiger partial charge in [-0.2, -0.15) is 0 Å². The number of aryl methyl sites for hydroxylation is 2. The zero-order valence-electron chi connectivity index (χ0n) is 20.3. The van der Waals surface area contributed by atoms with Crippen molar-refractivity contribution < 1.29 is 18.8 Å². The first-order valence-electron chi connectivity index (χ1n) is 11.9. The molecule has 184 valence electrons. The second kappa shape index (κ2) is 11.6. The van der Waals surface area contributed by atoms with E-state index in [-0.39, 0.29) is 6.42 Å². The zero-order valence-corrected chi connectivity index (χ0v) is 21.1. The lowest BCUT2D eigenvalue weighted by molar-refractivity contribution is -0.136. The summed E-state index contributed by atoms with van der Waals surface area (Å²) in [7, 11) is -1.16. The van der Waals surface area contributed by atoms with Crippen molar-refractivity contribution in [3.05, 3.63) is 94.5 Å². The van der Waals surface area contributed by atoms with Gasteiger partial charge in [0.1, 0.15) is 23.3 Å². The molecule has 3 aromatic carbocycles. The third-order valence-electron chi connectivity index (χ3n) is 6.18. The molecule has 1 N–H and O–H groups in total. The van der Waals surface area contributed by atoms with Crippen molar-refractivity contribution in [2.75, 3.05) is 26.2 Å². The average Bonchev–Trinajstić information content (AvgIpc) is 2.85. The van der Waals surface area contributed by atoms with Crippen molar-refractivity contribution in [1.82, 2.24) is 9.21 Å². The summed E-state index contributed by atoms with van der Waals surface area (Å²) in [4.78, 5) is 14.4. The Bertz CT molecular complexity index is 1170. The van der Waals surface area contributed by atoms with Crippen LogP contribution < -0.4 is 4.74 Å². The Morgan fingerprint density at radius 1 is 0.886 bits per heavy atom. The number of hydrogen-bond acceptors (Lipinski definition) is 4. The third-order valence-corrected chi connectivity index (χ3v) is 7.69. The smallest absolute Gasteiger partial charge is 0.307 e. The first-order chi connectivity index (χ1) is 16.9. The van der Waals surface area contributed by atoms with Gasteiger partial charge in [0.05, 0.1) is 11.3 Å². The van der Waals surface area contributed by atoms with Gasteiger partial charge in [0.25, 0.3) is 0 Å². The van der Waals surface area contributed by atoms with E-state index in [9.17, 15) is 14.1 Å². The summed E-state index contributed by atoms with van der Waals surface area (Å²) < 4.78 is 21.1. The highest BCUT2D eigenvalue weighted by molar-refractivity contribution is 7.82. The number of piperazine rings is 1. The predicted octanol–water partition coefficient (Wildman–Crippen LogP) is 4.35. The van der Waals surface area contributed by atoms with Gasteiger partial charge in [0, 0.05) is 38.3 Å². The molecule has 0 aliphatic carbocycles. The largest absolute Gasteiger partial charge is 0.489 e. The van der Waals surface area contributed by atoms with Crippen molar-refractivity contribution in [3.8, 4) is 5.75 Å².